The van der Waals surface area contributed by atoms with Gasteiger partial charge in [0.1, 0.15) is 5.60 Å². The van der Waals surface area contributed by atoms with Gasteiger partial charge in [-0.05, 0) is 51.7 Å². The Morgan fingerprint density at radius 3 is 2.48 bits per heavy atom. The first-order chi connectivity index (χ1) is 13.6. The zero-order chi connectivity index (χ0) is 21.6. The Morgan fingerprint density at radius 1 is 1.28 bits per heavy atom. The van der Waals surface area contributed by atoms with Gasteiger partial charge in [0.05, 0.1) is 10.5 Å². The summed E-state index contributed by atoms with van der Waals surface area (Å²) < 4.78 is 5.37. The summed E-state index contributed by atoms with van der Waals surface area (Å²) in [6.45, 7) is 7.27. The molecule has 1 aromatic rings. The second-order valence-corrected chi connectivity index (χ2v) is 8.28. The fraction of sp³-hybridized carbons (Fsp3) is 0.524. The van der Waals surface area contributed by atoms with Gasteiger partial charge >= 0.3 is 6.09 Å². The summed E-state index contributed by atoms with van der Waals surface area (Å²) in [5.41, 5.74) is -0.151. The summed E-state index contributed by atoms with van der Waals surface area (Å²) in [6.07, 6.45) is 4.11. The molecule has 1 saturated heterocycles. The highest BCUT2D eigenvalue weighted by molar-refractivity contribution is 5.92. The smallest absolute Gasteiger partial charge is 0.410 e. The van der Waals surface area contributed by atoms with E-state index in [0.717, 1.165) is 12.8 Å². The average Bonchev–Trinajstić information content (AvgIpc) is 2.65. The lowest BCUT2D eigenvalue weighted by molar-refractivity contribution is -0.385. The maximum absolute atomic E-state index is 12.4. The number of ether oxygens (including phenoxy) is 1. The molecule has 0 atom stereocenters. The largest absolute Gasteiger partial charge is 0.444 e. The average molecular weight is 403 g/mol. The molecule has 2 amide bonds. The summed E-state index contributed by atoms with van der Waals surface area (Å²) in [5.74, 6) is 0.137. The topological polar surface area (TPSA) is 93.0 Å². The van der Waals surface area contributed by atoms with E-state index in [-0.39, 0.29) is 17.7 Å². The van der Waals surface area contributed by atoms with Gasteiger partial charge in [-0.3, -0.25) is 14.9 Å². The van der Waals surface area contributed by atoms with Crippen LogP contribution in [-0.4, -0.2) is 59.0 Å². The molecule has 0 aliphatic carbocycles. The van der Waals surface area contributed by atoms with Gasteiger partial charge in [0.15, 0.2) is 0 Å². The Labute approximate surface area is 171 Å². The Hall–Kier alpha value is -2.90. The van der Waals surface area contributed by atoms with E-state index in [9.17, 15) is 19.7 Å². The molecule has 0 saturated carbocycles. The minimum Gasteiger partial charge on any atom is -0.444 e. The summed E-state index contributed by atoms with van der Waals surface area (Å²) in [7, 11) is 1.72. The second-order valence-electron chi connectivity index (χ2n) is 8.28. The van der Waals surface area contributed by atoms with Crippen molar-refractivity contribution in [2.24, 2.45) is 5.92 Å². The molecule has 8 heteroatoms. The standard InChI is InChI=1S/C21H29N3O5/c1-21(2,3)29-20(26)22(4)15-16-11-13-23(14-12-16)19(25)10-9-17-7-5-6-8-18(17)24(27)28/h5-10,16H,11-15H2,1-4H3. The lowest BCUT2D eigenvalue weighted by atomic mass is 9.96. The summed E-state index contributed by atoms with van der Waals surface area (Å²) in [5, 5.41) is 11.1. The van der Waals surface area contributed by atoms with Crippen molar-refractivity contribution in [2.45, 2.75) is 39.2 Å². The first-order valence-electron chi connectivity index (χ1n) is 9.71. The zero-order valence-electron chi connectivity index (χ0n) is 17.5. The quantitative estimate of drug-likeness (QED) is 0.424. The lowest BCUT2D eigenvalue weighted by Gasteiger charge is -2.34. The number of nitro groups is 1. The summed E-state index contributed by atoms with van der Waals surface area (Å²) in [4.78, 5) is 38.4. The Bertz CT molecular complexity index is 777. The predicted molar refractivity (Wildman–Crippen MR) is 110 cm³/mol. The molecular formula is C21H29N3O5. The summed E-state index contributed by atoms with van der Waals surface area (Å²) >= 11 is 0. The molecule has 0 N–H and O–H groups in total. The number of nitro benzene ring substituents is 1. The number of likely N-dealkylation sites (tertiary alicyclic amines) is 1. The van der Waals surface area contributed by atoms with Crippen LogP contribution < -0.4 is 0 Å². The Morgan fingerprint density at radius 2 is 1.90 bits per heavy atom. The third kappa shape index (κ3) is 6.89. The van der Waals surface area contributed by atoms with Gasteiger partial charge in [-0.15, -0.1) is 0 Å². The molecule has 1 heterocycles. The molecule has 8 nitrogen and oxygen atoms in total. The molecule has 0 aromatic heterocycles. The highest BCUT2D eigenvalue weighted by Crippen LogP contribution is 2.21. The highest BCUT2D eigenvalue weighted by atomic mass is 16.6. The first-order valence-corrected chi connectivity index (χ1v) is 9.71. The van der Waals surface area contributed by atoms with Crippen molar-refractivity contribution >= 4 is 23.8 Å². The number of benzene rings is 1. The van der Waals surface area contributed by atoms with Crippen LogP contribution in [0.4, 0.5) is 10.5 Å². The van der Waals surface area contributed by atoms with Crippen LogP contribution >= 0.6 is 0 Å². The third-order valence-electron chi connectivity index (χ3n) is 4.70. The molecule has 0 bridgehead atoms. The molecule has 1 fully saturated rings. The maximum Gasteiger partial charge on any atom is 0.410 e. The number of nitrogens with zero attached hydrogens (tertiary/aromatic N) is 3. The van der Waals surface area contributed by atoms with Crippen LogP contribution in [0, 0.1) is 16.0 Å². The normalized spacial score (nSPS) is 15.4. The molecule has 1 aromatic carbocycles. The Balaban J connectivity index is 1.85. The van der Waals surface area contributed by atoms with Crippen molar-refractivity contribution in [3.05, 3.63) is 46.0 Å². The lowest BCUT2D eigenvalue weighted by Crippen LogP contribution is -2.42. The van der Waals surface area contributed by atoms with Gasteiger partial charge in [-0.2, -0.15) is 0 Å². The van der Waals surface area contributed by atoms with E-state index in [1.807, 2.05) is 20.8 Å². The van der Waals surface area contributed by atoms with E-state index < -0.39 is 10.5 Å². The predicted octanol–water partition coefficient (Wildman–Crippen LogP) is 3.71. The SMILES string of the molecule is CN(CC1CCN(C(=O)C=Cc2ccccc2[N+](=O)[O-])CC1)C(=O)OC(C)(C)C. The molecule has 2 rings (SSSR count). The van der Waals surface area contributed by atoms with Crippen LogP contribution in [0.3, 0.4) is 0 Å². The fourth-order valence-electron chi connectivity index (χ4n) is 3.20. The van der Waals surface area contributed by atoms with E-state index in [1.165, 1.54) is 18.2 Å². The van der Waals surface area contributed by atoms with Crippen LogP contribution in [0.2, 0.25) is 0 Å². The van der Waals surface area contributed by atoms with Gasteiger partial charge in [0.25, 0.3) is 5.69 Å². The number of rotatable bonds is 5. The molecule has 1 aliphatic rings. The number of carbonyl (C=O) groups is 2. The number of carbonyl (C=O) groups excluding carboxylic acids is 2. The molecule has 0 unspecified atom stereocenters. The first kappa shape index (κ1) is 22.4. The van der Waals surface area contributed by atoms with Crippen LogP contribution in [0.25, 0.3) is 6.08 Å². The van der Waals surface area contributed by atoms with E-state index in [1.54, 1.807) is 35.0 Å². The number of hydrogen-bond donors (Lipinski definition) is 0. The van der Waals surface area contributed by atoms with Crippen molar-refractivity contribution in [2.75, 3.05) is 26.7 Å². The van der Waals surface area contributed by atoms with Gasteiger partial charge in [0.2, 0.25) is 5.91 Å². The molecule has 158 valence electrons. The van der Waals surface area contributed by atoms with Crippen molar-refractivity contribution in [3.63, 3.8) is 0 Å². The number of amides is 2. The van der Waals surface area contributed by atoms with Crippen molar-refractivity contribution < 1.29 is 19.2 Å². The molecule has 0 radical (unpaired) electrons. The van der Waals surface area contributed by atoms with E-state index in [2.05, 4.69) is 0 Å². The van der Waals surface area contributed by atoms with Gasteiger partial charge in [-0.1, -0.05) is 12.1 Å². The third-order valence-corrected chi connectivity index (χ3v) is 4.70. The molecular weight excluding hydrogens is 374 g/mol. The van der Waals surface area contributed by atoms with Crippen LogP contribution in [-0.2, 0) is 9.53 Å². The molecule has 0 spiro atoms. The van der Waals surface area contributed by atoms with E-state index in [4.69, 9.17) is 4.74 Å². The van der Waals surface area contributed by atoms with Crippen LogP contribution in [0.5, 0.6) is 0 Å². The number of hydrogen-bond acceptors (Lipinski definition) is 5. The monoisotopic (exact) mass is 403 g/mol. The van der Waals surface area contributed by atoms with Crippen LogP contribution in [0.15, 0.2) is 30.3 Å². The van der Waals surface area contributed by atoms with Gasteiger partial charge < -0.3 is 14.5 Å². The minimum atomic E-state index is -0.527. The second kappa shape index (κ2) is 9.54. The highest BCUT2D eigenvalue weighted by Gasteiger charge is 2.26. The van der Waals surface area contributed by atoms with E-state index in [0.29, 0.717) is 31.1 Å². The molecule has 1 aliphatic heterocycles. The van der Waals surface area contributed by atoms with Crippen molar-refractivity contribution in [1.29, 1.82) is 0 Å². The van der Waals surface area contributed by atoms with Crippen molar-refractivity contribution in [3.8, 4) is 0 Å². The van der Waals surface area contributed by atoms with Crippen molar-refractivity contribution in [1.82, 2.24) is 9.80 Å². The zero-order valence-corrected chi connectivity index (χ0v) is 17.5. The Kier molecular flexibility index (Phi) is 7.36. The molecule has 29 heavy (non-hydrogen) atoms. The summed E-state index contributed by atoms with van der Waals surface area (Å²) in [6, 6.07) is 6.32. The van der Waals surface area contributed by atoms with Crippen LogP contribution in [0.1, 0.15) is 39.2 Å². The van der Waals surface area contributed by atoms with E-state index >= 15 is 0 Å². The minimum absolute atomic E-state index is 0.0274. The van der Waals surface area contributed by atoms with Gasteiger partial charge in [0, 0.05) is 38.8 Å². The van der Waals surface area contributed by atoms with Gasteiger partial charge in [-0.25, -0.2) is 4.79 Å². The maximum atomic E-state index is 12.4. The number of para-hydroxylation sites is 1. The fourth-order valence-corrected chi connectivity index (χ4v) is 3.20. The number of piperidine rings is 1.